The third kappa shape index (κ3) is 3.30. The van der Waals surface area contributed by atoms with E-state index in [1.807, 2.05) is 24.9 Å². The maximum Gasteiger partial charge on any atom is 0.169 e. The summed E-state index contributed by atoms with van der Waals surface area (Å²) in [6.07, 6.45) is 1.82. The molecule has 0 amide bonds. The van der Waals surface area contributed by atoms with Crippen LogP contribution in [0.1, 0.15) is 24.2 Å². The number of hydrogen-bond donors (Lipinski definition) is 1. The molecule has 0 aliphatic rings. The molecule has 1 unspecified atom stereocenters. The molecule has 0 radical (unpaired) electrons. The van der Waals surface area contributed by atoms with Crippen LogP contribution in [-0.2, 0) is 16.5 Å². The van der Waals surface area contributed by atoms with Crippen molar-refractivity contribution in [1.29, 1.82) is 0 Å². The summed E-state index contributed by atoms with van der Waals surface area (Å²) in [4.78, 5) is 0. The van der Waals surface area contributed by atoms with E-state index in [0.29, 0.717) is 6.54 Å². The van der Waals surface area contributed by atoms with Gasteiger partial charge >= 0.3 is 0 Å². The molecule has 92 valence electrons. The van der Waals surface area contributed by atoms with Crippen molar-refractivity contribution in [2.24, 2.45) is 7.05 Å². The van der Waals surface area contributed by atoms with Crippen LogP contribution in [0.2, 0.25) is 0 Å². The number of rotatable bonds is 6. The summed E-state index contributed by atoms with van der Waals surface area (Å²) < 4.78 is 12.1. The third-order valence-electron chi connectivity index (χ3n) is 2.63. The van der Waals surface area contributed by atoms with Crippen LogP contribution in [0.4, 0.5) is 0 Å². The highest BCUT2D eigenvalue weighted by Gasteiger charge is 2.13. The fourth-order valence-corrected chi connectivity index (χ4v) is 1.69. The van der Waals surface area contributed by atoms with Gasteiger partial charge in [0.15, 0.2) is 6.29 Å². The summed E-state index contributed by atoms with van der Waals surface area (Å²) >= 11 is 0. The van der Waals surface area contributed by atoms with Crippen molar-refractivity contribution in [3.63, 3.8) is 0 Å². The molecule has 0 aliphatic heterocycles. The number of hydrogen-bond acceptors (Lipinski definition) is 4. The van der Waals surface area contributed by atoms with E-state index in [-0.39, 0.29) is 12.3 Å². The van der Waals surface area contributed by atoms with Gasteiger partial charge in [-0.15, -0.1) is 0 Å². The second kappa shape index (κ2) is 5.98. The zero-order valence-corrected chi connectivity index (χ0v) is 10.7. The van der Waals surface area contributed by atoms with E-state index < -0.39 is 0 Å². The maximum atomic E-state index is 5.12. The van der Waals surface area contributed by atoms with Crippen LogP contribution in [0.15, 0.2) is 6.20 Å². The monoisotopic (exact) mass is 227 g/mol. The van der Waals surface area contributed by atoms with Gasteiger partial charge in [0, 0.05) is 45.6 Å². The van der Waals surface area contributed by atoms with E-state index in [0.717, 1.165) is 5.69 Å². The Balaban J connectivity index is 2.52. The lowest BCUT2D eigenvalue weighted by Crippen LogP contribution is -2.31. The summed E-state index contributed by atoms with van der Waals surface area (Å²) in [5.41, 5.74) is 2.25. The molecule has 0 aromatic carbocycles. The predicted molar refractivity (Wildman–Crippen MR) is 62.2 cm³/mol. The molecule has 0 aliphatic carbocycles. The van der Waals surface area contributed by atoms with Gasteiger partial charge in [0.1, 0.15) is 0 Å². The van der Waals surface area contributed by atoms with Crippen molar-refractivity contribution in [2.45, 2.75) is 26.2 Å². The molecule has 0 saturated carbocycles. The zero-order chi connectivity index (χ0) is 12.1. The average molecular weight is 227 g/mol. The highest BCUT2D eigenvalue weighted by molar-refractivity contribution is 5.19. The van der Waals surface area contributed by atoms with Crippen molar-refractivity contribution in [3.05, 3.63) is 17.5 Å². The lowest BCUT2D eigenvalue weighted by atomic mass is 10.1. The van der Waals surface area contributed by atoms with Gasteiger partial charge in [-0.25, -0.2) is 0 Å². The van der Waals surface area contributed by atoms with Crippen molar-refractivity contribution in [2.75, 3.05) is 20.8 Å². The first-order chi connectivity index (χ1) is 7.58. The van der Waals surface area contributed by atoms with Crippen LogP contribution >= 0.6 is 0 Å². The Morgan fingerprint density at radius 2 is 2.06 bits per heavy atom. The zero-order valence-electron chi connectivity index (χ0n) is 10.7. The van der Waals surface area contributed by atoms with E-state index in [1.165, 1.54) is 5.56 Å². The highest BCUT2D eigenvalue weighted by Crippen LogP contribution is 2.15. The molecule has 5 nitrogen and oxygen atoms in total. The Kier molecular flexibility index (Phi) is 4.92. The topological polar surface area (TPSA) is 48.3 Å². The van der Waals surface area contributed by atoms with Crippen molar-refractivity contribution >= 4 is 0 Å². The molecule has 1 heterocycles. The van der Waals surface area contributed by atoms with Crippen LogP contribution in [0.25, 0.3) is 0 Å². The van der Waals surface area contributed by atoms with Gasteiger partial charge in [-0.1, -0.05) is 0 Å². The SMILES string of the molecule is COC(CNC(C)c1cn(C)nc1C)OC. The minimum atomic E-state index is -0.209. The molecule has 0 fully saturated rings. The largest absolute Gasteiger partial charge is 0.355 e. The van der Waals surface area contributed by atoms with Crippen molar-refractivity contribution in [1.82, 2.24) is 15.1 Å². The number of aromatic nitrogens is 2. The molecule has 1 aromatic heterocycles. The first kappa shape index (κ1) is 13.2. The van der Waals surface area contributed by atoms with Crippen LogP contribution < -0.4 is 5.32 Å². The minimum absolute atomic E-state index is 0.209. The molecule has 0 saturated heterocycles. The summed E-state index contributed by atoms with van der Waals surface area (Å²) in [6, 6.07) is 0.237. The van der Waals surface area contributed by atoms with Gasteiger partial charge in [0.05, 0.1) is 5.69 Å². The van der Waals surface area contributed by atoms with Gasteiger partial charge in [0.2, 0.25) is 0 Å². The number of nitrogens with one attached hydrogen (secondary N) is 1. The summed E-state index contributed by atoms with van der Waals surface area (Å²) in [5.74, 6) is 0. The fourth-order valence-electron chi connectivity index (χ4n) is 1.69. The minimum Gasteiger partial charge on any atom is -0.355 e. The Morgan fingerprint density at radius 1 is 1.44 bits per heavy atom. The van der Waals surface area contributed by atoms with E-state index in [2.05, 4.69) is 17.3 Å². The number of ether oxygens (including phenoxy) is 2. The van der Waals surface area contributed by atoms with Crippen LogP contribution in [0.3, 0.4) is 0 Å². The smallest absolute Gasteiger partial charge is 0.169 e. The van der Waals surface area contributed by atoms with E-state index in [4.69, 9.17) is 9.47 Å². The normalized spacial score (nSPS) is 13.4. The van der Waals surface area contributed by atoms with E-state index in [1.54, 1.807) is 14.2 Å². The summed E-state index contributed by atoms with van der Waals surface area (Å²) in [6.45, 7) is 4.77. The van der Waals surface area contributed by atoms with Gasteiger partial charge in [-0.3, -0.25) is 4.68 Å². The summed E-state index contributed by atoms with van der Waals surface area (Å²) in [5, 5.41) is 7.67. The fraction of sp³-hybridized carbons (Fsp3) is 0.727. The molecule has 0 spiro atoms. The molecule has 1 N–H and O–H groups in total. The molecule has 0 bridgehead atoms. The Bertz CT molecular complexity index is 321. The Morgan fingerprint density at radius 3 is 2.50 bits per heavy atom. The number of aryl methyl sites for hydroxylation is 2. The average Bonchev–Trinajstić information content (AvgIpc) is 2.59. The second-order valence-electron chi connectivity index (χ2n) is 3.87. The van der Waals surface area contributed by atoms with Crippen LogP contribution in [0.5, 0.6) is 0 Å². The molecule has 5 heteroatoms. The van der Waals surface area contributed by atoms with Gasteiger partial charge in [-0.05, 0) is 13.8 Å². The van der Waals surface area contributed by atoms with Crippen LogP contribution in [-0.4, -0.2) is 36.8 Å². The lowest BCUT2D eigenvalue weighted by molar-refractivity contribution is -0.0997. The van der Waals surface area contributed by atoms with Crippen LogP contribution in [0, 0.1) is 6.92 Å². The first-order valence-electron chi connectivity index (χ1n) is 5.37. The Hall–Kier alpha value is -0.910. The molecule has 1 atom stereocenters. The molecular weight excluding hydrogens is 206 g/mol. The Labute approximate surface area is 96.7 Å². The molecule has 1 aromatic rings. The quantitative estimate of drug-likeness (QED) is 0.736. The molecule has 16 heavy (non-hydrogen) atoms. The molecular formula is C11H21N3O2. The third-order valence-corrected chi connectivity index (χ3v) is 2.63. The van der Waals surface area contributed by atoms with Gasteiger partial charge in [-0.2, -0.15) is 5.10 Å². The van der Waals surface area contributed by atoms with E-state index >= 15 is 0 Å². The predicted octanol–water partition coefficient (Wildman–Crippen LogP) is 0.998. The van der Waals surface area contributed by atoms with Crippen molar-refractivity contribution < 1.29 is 9.47 Å². The van der Waals surface area contributed by atoms with E-state index in [9.17, 15) is 0 Å². The highest BCUT2D eigenvalue weighted by atomic mass is 16.7. The lowest BCUT2D eigenvalue weighted by Gasteiger charge is -2.18. The maximum absolute atomic E-state index is 5.12. The second-order valence-corrected chi connectivity index (χ2v) is 3.87. The first-order valence-corrected chi connectivity index (χ1v) is 5.37. The number of nitrogens with zero attached hydrogens (tertiary/aromatic N) is 2. The van der Waals surface area contributed by atoms with Gasteiger partial charge in [0.25, 0.3) is 0 Å². The molecule has 1 rings (SSSR count). The summed E-state index contributed by atoms with van der Waals surface area (Å²) in [7, 11) is 5.20. The van der Waals surface area contributed by atoms with Crippen molar-refractivity contribution in [3.8, 4) is 0 Å². The van der Waals surface area contributed by atoms with Gasteiger partial charge < -0.3 is 14.8 Å². The number of methoxy groups -OCH3 is 2. The standard InChI is InChI=1S/C11H21N3O2/c1-8(12-6-11(15-4)16-5)10-7-14(3)13-9(10)2/h7-8,11-12H,6H2,1-5H3.